The van der Waals surface area contributed by atoms with Crippen molar-refractivity contribution in [1.29, 1.82) is 0 Å². The smallest absolute Gasteiger partial charge is 0.383 e. The molecular formula is C11H13ClF3NO2S. The Labute approximate surface area is 114 Å². The molecular weight excluding hydrogens is 303 g/mol. The van der Waals surface area contributed by atoms with Gasteiger partial charge in [-0.1, -0.05) is 18.5 Å². The topological polar surface area (TPSA) is 46.2 Å². The fourth-order valence-corrected chi connectivity index (χ4v) is 2.21. The van der Waals surface area contributed by atoms with E-state index in [1.807, 2.05) is 0 Å². The van der Waals surface area contributed by atoms with Gasteiger partial charge in [0.25, 0.3) is 0 Å². The molecule has 0 saturated heterocycles. The normalized spacial score (nSPS) is 12.5. The molecule has 0 fully saturated rings. The van der Waals surface area contributed by atoms with Crippen LogP contribution in [0.25, 0.3) is 0 Å². The van der Waals surface area contributed by atoms with Crippen LogP contribution in [0, 0.1) is 0 Å². The first-order valence-corrected chi connectivity index (χ1v) is 7.66. The van der Waals surface area contributed by atoms with Crippen LogP contribution in [0.4, 0.5) is 18.9 Å². The van der Waals surface area contributed by atoms with Gasteiger partial charge in [-0.2, -0.15) is 13.2 Å². The highest BCUT2D eigenvalue weighted by atomic mass is 35.5. The molecule has 0 unspecified atom stereocenters. The number of halogens is 4. The molecule has 0 aliphatic heterocycles. The van der Waals surface area contributed by atoms with E-state index in [9.17, 15) is 21.6 Å². The van der Waals surface area contributed by atoms with Gasteiger partial charge >= 0.3 is 6.18 Å². The molecule has 1 rings (SSSR count). The average Bonchev–Trinajstić information content (AvgIpc) is 2.30. The minimum atomic E-state index is -4.46. The molecule has 0 aromatic heterocycles. The first-order valence-electron chi connectivity index (χ1n) is 5.47. The zero-order valence-electron chi connectivity index (χ0n) is 10.1. The van der Waals surface area contributed by atoms with E-state index in [0.29, 0.717) is 0 Å². The highest BCUT2D eigenvalue weighted by Gasteiger charge is 2.30. The first kappa shape index (κ1) is 16.1. The molecule has 0 heterocycles. The lowest BCUT2D eigenvalue weighted by Crippen LogP contribution is -2.17. The van der Waals surface area contributed by atoms with Crippen LogP contribution in [0.15, 0.2) is 18.2 Å². The Hall–Kier alpha value is -0.950. The van der Waals surface area contributed by atoms with Crippen LogP contribution in [0.2, 0.25) is 5.02 Å². The molecule has 1 aromatic carbocycles. The molecule has 0 atom stereocenters. The van der Waals surface area contributed by atoms with Gasteiger partial charge in [-0.15, -0.1) is 0 Å². The Morgan fingerprint density at radius 1 is 1.32 bits per heavy atom. The fraction of sp³-hybridized carbons (Fsp3) is 0.455. The van der Waals surface area contributed by atoms with Crippen LogP contribution in [0.3, 0.4) is 0 Å². The van der Waals surface area contributed by atoms with E-state index in [1.165, 1.54) is 6.92 Å². The summed E-state index contributed by atoms with van der Waals surface area (Å²) in [5.41, 5.74) is -0.763. The number of nitrogens with one attached hydrogen (secondary N) is 1. The van der Waals surface area contributed by atoms with Gasteiger partial charge in [0, 0.05) is 12.3 Å². The lowest BCUT2D eigenvalue weighted by molar-refractivity contribution is -0.137. The molecule has 0 bridgehead atoms. The summed E-state index contributed by atoms with van der Waals surface area (Å²) in [6.07, 6.45) is -4.46. The third-order valence-electron chi connectivity index (χ3n) is 2.46. The van der Waals surface area contributed by atoms with Gasteiger partial charge in [0.05, 0.1) is 22.0 Å². The molecule has 1 aromatic rings. The van der Waals surface area contributed by atoms with E-state index in [-0.39, 0.29) is 28.8 Å². The highest BCUT2D eigenvalue weighted by Crippen LogP contribution is 2.33. The third kappa shape index (κ3) is 4.91. The molecule has 108 valence electrons. The van der Waals surface area contributed by atoms with Gasteiger partial charge in [-0.25, -0.2) is 8.42 Å². The molecule has 3 nitrogen and oxygen atoms in total. The zero-order chi connectivity index (χ0) is 14.7. The maximum Gasteiger partial charge on any atom is 0.416 e. The SMILES string of the molecule is CCS(=O)(=O)CCNc1cc(C(F)(F)F)ccc1Cl. The minimum absolute atomic E-state index is 0.00893. The number of benzene rings is 1. The maximum atomic E-state index is 12.5. The van der Waals surface area contributed by atoms with E-state index in [1.54, 1.807) is 0 Å². The van der Waals surface area contributed by atoms with Gasteiger partial charge in [-0.3, -0.25) is 0 Å². The van der Waals surface area contributed by atoms with E-state index in [0.717, 1.165) is 18.2 Å². The van der Waals surface area contributed by atoms with E-state index in [2.05, 4.69) is 5.32 Å². The highest BCUT2D eigenvalue weighted by molar-refractivity contribution is 7.91. The van der Waals surface area contributed by atoms with Crippen molar-refractivity contribution in [2.24, 2.45) is 0 Å². The van der Waals surface area contributed by atoms with Crippen molar-refractivity contribution < 1.29 is 21.6 Å². The Bertz CT molecular complexity index is 543. The summed E-state index contributed by atoms with van der Waals surface area (Å²) in [5.74, 6) is -0.166. The predicted molar refractivity (Wildman–Crippen MR) is 69.3 cm³/mol. The Morgan fingerprint density at radius 2 is 1.95 bits per heavy atom. The van der Waals surface area contributed by atoms with Crippen LogP contribution in [-0.2, 0) is 16.0 Å². The summed E-state index contributed by atoms with van der Waals surface area (Å²) in [6.45, 7) is 1.52. The van der Waals surface area contributed by atoms with Crippen molar-refractivity contribution in [2.45, 2.75) is 13.1 Å². The van der Waals surface area contributed by atoms with Crippen LogP contribution >= 0.6 is 11.6 Å². The minimum Gasteiger partial charge on any atom is -0.383 e. The molecule has 0 saturated carbocycles. The molecule has 0 amide bonds. The lowest BCUT2D eigenvalue weighted by Gasteiger charge is -2.12. The Balaban J connectivity index is 2.79. The van der Waals surface area contributed by atoms with Gasteiger partial charge in [0.1, 0.15) is 0 Å². The van der Waals surface area contributed by atoms with Gasteiger partial charge in [0.15, 0.2) is 9.84 Å². The van der Waals surface area contributed by atoms with Crippen molar-refractivity contribution in [3.63, 3.8) is 0 Å². The number of sulfone groups is 1. The second-order valence-electron chi connectivity index (χ2n) is 3.86. The largest absolute Gasteiger partial charge is 0.416 e. The zero-order valence-corrected chi connectivity index (χ0v) is 11.7. The Kier molecular flexibility index (Phi) is 5.09. The van der Waals surface area contributed by atoms with Gasteiger partial charge in [0.2, 0.25) is 0 Å². The monoisotopic (exact) mass is 315 g/mol. The number of rotatable bonds is 5. The van der Waals surface area contributed by atoms with Crippen LogP contribution in [0.1, 0.15) is 12.5 Å². The van der Waals surface area contributed by atoms with Gasteiger partial charge in [-0.05, 0) is 18.2 Å². The van der Waals surface area contributed by atoms with Crippen molar-refractivity contribution >= 4 is 27.1 Å². The second-order valence-corrected chi connectivity index (χ2v) is 6.74. The molecule has 1 N–H and O–H groups in total. The maximum absolute atomic E-state index is 12.5. The summed E-state index contributed by atoms with van der Waals surface area (Å²) in [4.78, 5) is 0. The van der Waals surface area contributed by atoms with E-state index < -0.39 is 21.6 Å². The number of hydrogen-bond acceptors (Lipinski definition) is 3. The van der Waals surface area contributed by atoms with Crippen molar-refractivity contribution in [1.82, 2.24) is 0 Å². The molecule has 0 radical (unpaired) electrons. The number of alkyl halides is 3. The van der Waals surface area contributed by atoms with Crippen molar-refractivity contribution in [3.05, 3.63) is 28.8 Å². The van der Waals surface area contributed by atoms with Crippen molar-refractivity contribution in [3.8, 4) is 0 Å². The summed E-state index contributed by atoms with van der Waals surface area (Å²) in [7, 11) is -3.17. The van der Waals surface area contributed by atoms with E-state index in [4.69, 9.17) is 11.6 Å². The fourth-order valence-electron chi connectivity index (χ4n) is 1.32. The summed E-state index contributed by atoms with van der Waals surface area (Å²) in [5, 5.41) is 2.72. The second kappa shape index (κ2) is 6.00. The quantitative estimate of drug-likeness (QED) is 0.907. The van der Waals surface area contributed by atoms with Crippen LogP contribution < -0.4 is 5.32 Å². The lowest BCUT2D eigenvalue weighted by atomic mass is 10.2. The average molecular weight is 316 g/mol. The number of anilines is 1. The molecule has 0 aliphatic carbocycles. The summed E-state index contributed by atoms with van der Waals surface area (Å²) < 4.78 is 60.0. The Morgan fingerprint density at radius 3 is 2.47 bits per heavy atom. The third-order valence-corrected chi connectivity index (χ3v) is 4.50. The van der Waals surface area contributed by atoms with E-state index >= 15 is 0 Å². The predicted octanol–water partition coefficient (Wildman–Crippen LogP) is 3.21. The molecule has 19 heavy (non-hydrogen) atoms. The standard InChI is InChI=1S/C11H13ClF3NO2S/c1-2-19(17,18)6-5-16-10-7-8(11(13,14)15)3-4-9(10)12/h3-4,7,16H,2,5-6H2,1H3. The first-order chi connectivity index (χ1) is 8.65. The summed E-state index contributed by atoms with van der Waals surface area (Å²) >= 11 is 5.75. The van der Waals surface area contributed by atoms with Crippen molar-refractivity contribution in [2.75, 3.05) is 23.4 Å². The molecule has 8 heteroatoms. The summed E-state index contributed by atoms with van der Waals surface area (Å²) in [6, 6.07) is 2.86. The molecule has 0 aliphatic rings. The molecule has 0 spiro atoms. The van der Waals surface area contributed by atoms with Gasteiger partial charge < -0.3 is 5.32 Å². The van der Waals surface area contributed by atoms with Crippen LogP contribution in [0.5, 0.6) is 0 Å². The number of hydrogen-bond donors (Lipinski definition) is 1. The van der Waals surface area contributed by atoms with Crippen LogP contribution in [-0.4, -0.2) is 26.5 Å².